The number of phenols is 1. The van der Waals surface area contributed by atoms with Gasteiger partial charge in [-0.25, -0.2) is 0 Å². The van der Waals surface area contributed by atoms with Gasteiger partial charge >= 0.3 is 0 Å². The van der Waals surface area contributed by atoms with E-state index in [4.69, 9.17) is 39.8 Å². The van der Waals surface area contributed by atoms with E-state index in [0.29, 0.717) is 15.8 Å². The van der Waals surface area contributed by atoms with Crippen LogP contribution in [0.25, 0.3) is 0 Å². The van der Waals surface area contributed by atoms with E-state index in [2.05, 4.69) is 9.36 Å². The van der Waals surface area contributed by atoms with Gasteiger partial charge in [0, 0.05) is 17.6 Å². The van der Waals surface area contributed by atoms with Crippen LogP contribution in [-0.4, -0.2) is 20.7 Å². The number of benzene rings is 1. The Balaban J connectivity index is 0.000000184. The molecule has 1 heterocycles. The zero-order valence-corrected chi connectivity index (χ0v) is 12.4. The molecule has 0 aliphatic rings. The van der Waals surface area contributed by atoms with Gasteiger partial charge in [-0.2, -0.15) is 9.36 Å². The number of anilines is 2. The van der Waals surface area contributed by atoms with Gasteiger partial charge in [0.2, 0.25) is 10.3 Å². The first-order valence-electron chi connectivity index (χ1n) is 4.50. The van der Waals surface area contributed by atoms with E-state index in [9.17, 15) is 0 Å². The van der Waals surface area contributed by atoms with Crippen molar-refractivity contribution in [3.05, 3.63) is 22.2 Å². The predicted molar refractivity (Wildman–Crippen MR) is 78.6 cm³/mol. The number of halogens is 2. The van der Waals surface area contributed by atoms with E-state index in [1.54, 1.807) is 0 Å². The summed E-state index contributed by atoms with van der Waals surface area (Å²) in [7, 11) is 0. The lowest BCUT2D eigenvalue weighted by molar-refractivity contribution is 0.476. The molecule has 9 heteroatoms. The van der Waals surface area contributed by atoms with Crippen molar-refractivity contribution in [3.8, 4) is 5.75 Å². The lowest BCUT2D eigenvalue weighted by Gasteiger charge is -1.99. The van der Waals surface area contributed by atoms with Gasteiger partial charge in [0.05, 0.1) is 15.7 Å². The largest absolute Gasteiger partial charge is 0.506 e. The Bertz CT molecular complexity index is 485. The minimum atomic E-state index is -0.0548. The van der Waals surface area contributed by atoms with Crippen LogP contribution in [-0.2, 0) is 0 Å². The number of nitrogens with zero attached hydrogens (tertiary/aromatic N) is 2. The fraction of sp³-hybridized carbons (Fsp3) is 0.111. The molecule has 0 spiro atoms. The molecule has 0 atom stereocenters. The molecule has 0 amide bonds. The summed E-state index contributed by atoms with van der Waals surface area (Å²) in [5, 5.41) is 10.8. The molecule has 1 aromatic carbocycles. The smallest absolute Gasteiger partial charge is 0.201 e. The van der Waals surface area contributed by atoms with Crippen LogP contribution < -0.4 is 11.5 Å². The highest BCUT2D eigenvalue weighted by molar-refractivity contribution is 7.98. The maximum absolute atomic E-state index is 8.95. The quantitative estimate of drug-likeness (QED) is 0.423. The monoisotopic (exact) mass is 324 g/mol. The number of thioether (sulfide) groups is 1. The minimum absolute atomic E-state index is 0.0548. The van der Waals surface area contributed by atoms with E-state index in [0.717, 1.165) is 5.16 Å². The number of aromatic hydroxyl groups is 1. The molecule has 98 valence electrons. The summed E-state index contributed by atoms with van der Waals surface area (Å²) in [6, 6.07) is 2.71. The molecule has 1 aromatic heterocycles. The van der Waals surface area contributed by atoms with Gasteiger partial charge in [-0.1, -0.05) is 35.0 Å². The van der Waals surface area contributed by atoms with E-state index in [1.807, 2.05) is 6.26 Å². The highest BCUT2D eigenvalue weighted by Crippen LogP contribution is 2.31. The zero-order valence-electron chi connectivity index (χ0n) is 9.22. The molecule has 5 nitrogen and oxygen atoms in total. The van der Waals surface area contributed by atoms with Crippen molar-refractivity contribution in [2.45, 2.75) is 5.16 Å². The number of rotatable bonds is 1. The van der Waals surface area contributed by atoms with Gasteiger partial charge in [-0.15, -0.1) is 0 Å². The third-order valence-corrected chi connectivity index (χ3v) is 3.51. The van der Waals surface area contributed by atoms with Crippen molar-refractivity contribution in [1.29, 1.82) is 0 Å². The summed E-state index contributed by atoms with van der Waals surface area (Å²) >= 11 is 13.8. The highest BCUT2D eigenvalue weighted by Gasteiger charge is 2.01. The van der Waals surface area contributed by atoms with E-state index < -0.39 is 0 Å². The molecular weight excluding hydrogens is 315 g/mol. The van der Waals surface area contributed by atoms with Gasteiger partial charge in [0.1, 0.15) is 5.75 Å². The summed E-state index contributed by atoms with van der Waals surface area (Å²) in [4.78, 5) is 3.88. The van der Waals surface area contributed by atoms with Crippen molar-refractivity contribution in [3.63, 3.8) is 0 Å². The number of nitrogen functional groups attached to an aromatic ring is 2. The summed E-state index contributed by atoms with van der Waals surface area (Å²) in [5.74, 6) is -0.0548. The second kappa shape index (κ2) is 6.89. The van der Waals surface area contributed by atoms with Crippen LogP contribution in [0.5, 0.6) is 5.75 Å². The first-order chi connectivity index (χ1) is 8.43. The van der Waals surface area contributed by atoms with Gasteiger partial charge in [0.15, 0.2) is 0 Å². The minimum Gasteiger partial charge on any atom is -0.506 e. The molecule has 0 aliphatic carbocycles. The average Bonchev–Trinajstić information content (AvgIpc) is 2.74. The van der Waals surface area contributed by atoms with Gasteiger partial charge < -0.3 is 16.6 Å². The number of phenolic OH excluding ortho intramolecular Hbond substituents is 1. The van der Waals surface area contributed by atoms with Crippen molar-refractivity contribution in [1.82, 2.24) is 9.36 Å². The van der Waals surface area contributed by atoms with Crippen LogP contribution in [0.3, 0.4) is 0 Å². The molecule has 0 radical (unpaired) electrons. The molecular formula is C9H10Cl2N4OS2. The Kier molecular flexibility index (Phi) is 5.80. The standard InChI is InChI=1S/C6H5Cl2NO.C3H5N3S2/c7-3-2-6(10)4(8)1-5(3)9;1-7-3-5-2(4)8-6-3/h1-2,10H,9H2;1H3,(H2,4,5,6). The number of nitrogens with two attached hydrogens (primary N) is 2. The molecule has 5 N–H and O–H groups in total. The summed E-state index contributed by atoms with van der Waals surface area (Å²) < 4.78 is 3.90. The molecule has 18 heavy (non-hydrogen) atoms. The molecule has 0 fully saturated rings. The molecule has 0 unspecified atom stereocenters. The number of hydrogen-bond donors (Lipinski definition) is 3. The third kappa shape index (κ3) is 4.41. The fourth-order valence-corrected chi connectivity index (χ4v) is 2.18. The lowest BCUT2D eigenvalue weighted by Crippen LogP contribution is -1.85. The average molecular weight is 325 g/mol. The molecule has 2 aromatic rings. The van der Waals surface area contributed by atoms with Crippen molar-refractivity contribution >= 4 is 57.3 Å². The van der Waals surface area contributed by atoms with Crippen LogP contribution in [0.2, 0.25) is 10.0 Å². The number of hydrogen-bond acceptors (Lipinski definition) is 7. The summed E-state index contributed by atoms with van der Waals surface area (Å²) in [6.45, 7) is 0. The maximum atomic E-state index is 8.95. The predicted octanol–water partition coefficient (Wildman–Crippen LogP) is 3.12. The van der Waals surface area contributed by atoms with E-state index in [-0.39, 0.29) is 10.8 Å². The van der Waals surface area contributed by atoms with Gasteiger partial charge in [-0.3, -0.25) is 0 Å². The SMILES string of the molecule is CSc1nsc(N)n1.Nc1cc(Cl)c(O)cc1Cl. The molecule has 0 saturated heterocycles. The first kappa shape index (κ1) is 15.2. The Labute approximate surface area is 122 Å². The van der Waals surface area contributed by atoms with Crippen LogP contribution in [0.1, 0.15) is 0 Å². The molecule has 2 rings (SSSR count). The van der Waals surface area contributed by atoms with Crippen LogP contribution >= 0.6 is 46.5 Å². The van der Waals surface area contributed by atoms with Gasteiger partial charge in [0.25, 0.3) is 0 Å². The second-order valence-corrected chi connectivity index (χ2v) is 5.32. The van der Waals surface area contributed by atoms with Gasteiger partial charge in [-0.05, 0) is 12.3 Å². The second-order valence-electron chi connectivity index (χ2n) is 2.94. The molecule has 0 aliphatic heterocycles. The highest BCUT2D eigenvalue weighted by atomic mass is 35.5. The molecule has 0 bridgehead atoms. The summed E-state index contributed by atoms with van der Waals surface area (Å²) in [5.41, 5.74) is 11.0. The van der Waals surface area contributed by atoms with E-state index >= 15 is 0 Å². The van der Waals surface area contributed by atoms with Crippen LogP contribution in [0.15, 0.2) is 17.3 Å². The first-order valence-corrected chi connectivity index (χ1v) is 7.26. The van der Waals surface area contributed by atoms with Crippen molar-refractivity contribution in [2.24, 2.45) is 0 Å². The topological polar surface area (TPSA) is 98.0 Å². The van der Waals surface area contributed by atoms with Crippen molar-refractivity contribution in [2.75, 3.05) is 17.7 Å². The van der Waals surface area contributed by atoms with Crippen LogP contribution in [0, 0.1) is 0 Å². The Hall–Kier alpha value is -0.890. The van der Waals surface area contributed by atoms with Crippen molar-refractivity contribution < 1.29 is 5.11 Å². The Morgan fingerprint density at radius 3 is 2.33 bits per heavy atom. The number of aromatic nitrogens is 2. The van der Waals surface area contributed by atoms with E-state index in [1.165, 1.54) is 35.4 Å². The fourth-order valence-electron chi connectivity index (χ4n) is 0.856. The van der Waals surface area contributed by atoms with Crippen LogP contribution in [0.4, 0.5) is 10.8 Å². The zero-order chi connectivity index (χ0) is 13.7. The molecule has 0 saturated carbocycles. The maximum Gasteiger partial charge on any atom is 0.201 e. The normalized spacial score (nSPS) is 9.72. The third-order valence-electron chi connectivity index (χ3n) is 1.67. The lowest BCUT2D eigenvalue weighted by atomic mass is 10.3. The Morgan fingerprint density at radius 2 is 1.94 bits per heavy atom. The summed E-state index contributed by atoms with van der Waals surface area (Å²) in [6.07, 6.45) is 1.92. The Morgan fingerprint density at radius 1 is 1.28 bits per heavy atom.